The highest BCUT2D eigenvalue weighted by Crippen LogP contribution is 2.08. The highest BCUT2D eigenvalue weighted by Gasteiger charge is 2.15. The molecule has 0 fully saturated rings. The second-order valence-electron chi connectivity index (χ2n) is 4.16. The molecule has 0 spiro atoms. The van der Waals surface area contributed by atoms with Crippen LogP contribution in [0.1, 0.15) is 17.3 Å². The quantitative estimate of drug-likeness (QED) is 0.813. The SMILES string of the molecule is Cc1noc(CNC(=O)C(S)Cc2ccccc2)n1. The molecule has 0 radical (unpaired) electrons. The smallest absolute Gasteiger partial charge is 0.246 e. The Balaban J connectivity index is 1.82. The first kappa shape index (κ1) is 13.6. The lowest BCUT2D eigenvalue weighted by molar-refractivity contribution is -0.120. The number of carbonyl (C=O) groups excluding carboxylic acids is 1. The number of thiol groups is 1. The number of nitrogens with one attached hydrogen (secondary N) is 1. The summed E-state index contributed by atoms with van der Waals surface area (Å²) in [5.41, 5.74) is 1.08. The zero-order valence-electron chi connectivity index (χ0n) is 10.5. The molecule has 0 bridgehead atoms. The molecule has 2 rings (SSSR count). The van der Waals surface area contributed by atoms with Crippen LogP contribution in [0.4, 0.5) is 0 Å². The Morgan fingerprint density at radius 2 is 2.16 bits per heavy atom. The minimum absolute atomic E-state index is 0.150. The number of hydrogen-bond donors (Lipinski definition) is 2. The van der Waals surface area contributed by atoms with Crippen molar-refractivity contribution in [3.05, 3.63) is 47.6 Å². The van der Waals surface area contributed by atoms with Gasteiger partial charge >= 0.3 is 0 Å². The van der Waals surface area contributed by atoms with E-state index in [1.807, 2.05) is 30.3 Å². The maximum Gasteiger partial charge on any atom is 0.246 e. The van der Waals surface area contributed by atoms with Gasteiger partial charge in [-0.05, 0) is 18.9 Å². The zero-order chi connectivity index (χ0) is 13.7. The predicted octanol–water partition coefficient (Wildman–Crippen LogP) is 1.54. The minimum Gasteiger partial charge on any atom is -0.346 e. The molecule has 1 aromatic heterocycles. The fourth-order valence-electron chi connectivity index (χ4n) is 1.62. The molecular weight excluding hydrogens is 262 g/mol. The summed E-state index contributed by atoms with van der Waals surface area (Å²) in [5.74, 6) is 0.796. The van der Waals surface area contributed by atoms with Gasteiger partial charge in [0.2, 0.25) is 11.8 Å². The van der Waals surface area contributed by atoms with E-state index in [0.717, 1.165) is 5.56 Å². The van der Waals surface area contributed by atoms with Gasteiger partial charge in [0.1, 0.15) is 0 Å². The molecule has 1 amide bonds. The van der Waals surface area contributed by atoms with Gasteiger partial charge in [-0.25, -0.2) is 0 Å². The Kier molecular flexibility index (Phi) is 4.57. The second kappa shape index (κ2) is 6.38. The van der Waals surface area contributed by atoms with Crippen molar-refractivity contribution >= 4 is 18.5 Å². The van der Waals surface area contributed by atoms with Gasteiger partial charge in [-0.2, -0.15) is 17.6 Å². The van der Waals surface area contributed by atoms with Crippen LogP contribution in [0.15, 0.2) is 34.9 Å². The number of amides is 1. The van der Waals surface area contributed by atoms with E-state index in [9.17, 15) is 4.79 Å². The number of benzene rings is 1. The number of nitrogens with zero attached hydrogens (tertiary/aromatic N) is 2. The van der Waals surface area contributed by atoms with Crippen LogP contribution >= 0.6 is 12.6 Å². The van der Waals surface area contributed by atoms with E-state index in [1.54, 1.807) is 6.92 Å². The van der Waals surface area contributed by atoms with Crippen LogP contribution in [-0.4, -0.2) is 21.3 Å². The lowest BCUT2D eigenvalue weighted by Crippen LogP contribution is -2.32. The molecule has 1 heterocycles. The molecule has 19 heavy (non-hydrogen) atoms. The number of carbonyl (C=O) groups is 1. The molecule has 1 aromatic carbocycles. The predicted molar refractivity (Wildman–Crippen MR) is 73.8 cm³/mol. The van der Waals surface area contributed by atoms with Gasteiger partial charge in [-0.1, -0.05) is 35.5 Å². The van der Waals surface area contributed by atoms with E-state index in [2.05, 4.69) is 28.1 Å². The van der Waals surface area contributed by atoms with Crippen LogP contribution in [0, 0.1) is 6.92 Å². The van der Waals surface area contributed by atoms with Gasteiger partial charge in [0, 0.05) is 0 Å². The first-order valence-corrected chi connectivity index (χ1v) is 6.45. The van der Waals surface area contributed by atoms with Crippen molar-refractivity contribution in [3.63, 3.8) is 0 Å². The Morgan fingerprint density at radius 3 is 2.79 bits per heavy atom. The molecule has 1 atom stereocenters. The molecule has 1 unspecified atom stereocenters. The Bertz CT molecular complexity index is 542. The van der Waals surface area contributed by atoms with Crippen molar-refractivity contribution in [2.45, 2.75) is 25.1 Å². The second-order valence-corrected chi connectivity index (χ2v) is 4.78. The minimum atomic E-state index is -0.397. The Hall–Kier alpha value is -1.82. The molecule has 0 aliphatic heterocycles. The van der Waals surface area contributed by atoms with E-state index in [-0.39, 0.29) is 12.5 Å². The third-order valence-corrected chi connectivity index (χ3v) is 2.98. The molecule has 0 saturated heterocycles. The van der Waals surface area contributed by atoms with Crippen LogP contribution in [0.25, 0.3) is 0 Å². The van der Waals surface area contributed by atoms with E-state index < -0.39 is 5.25 Å². The summed E-state index contributed by atoms with van der Waals surface area (Å²) in [6, 6.07) is 9.76. The van der Waals surface area contributed by atoms with Gasteiger partial charge in [-0.3, -0.25) is 4.79 Å². The average molecular weight is 277 g/mol. The number of rotatable bonds is 5. The molecule has 2 aromatic rings. The van der Waals surface area contributed by atoms with Crippen molar-refractivity contribution in [2.75, 3.05) is 0 Å². The molecule has 0 aliphatic carbocycles. The molecule has 100 valence electrons. The number of aryl methyl sites for hydroxylation is 1. The van der Waals surface area contributed by atoms with E-state index >= 15 is 0 Å². The van der Waals surface area contributed by atoms with Crippen LogP contribution in [0.5, 0.6) is 0 Å². The summed E-state index contributed by atoms with van der Waals surface area (Å²) < 4.78 is 4.91. The van der Waals surface area contributed by atoms with E-state index in [0.29, 0.717) is 18.1 Å². The summed E-state index contributed by atoms with van der Waals surface area (Å²) in [4.78, 5) is 15.9. The monoisotopic (exact) mass is 277 g/mol. The standard InChI is InChI=1S/C13H15N3O2S/c1-9-15-12(18-16-9)8-14-13(17)11(19)7-10-5-3-2-4-6-10/h2-6,11,19H,7-8H2,1H3,(H,14,17). The first-order valence-electron chi connectivity index (χ1n) is 5.94. The lowest BCUT2D eigenvalue weighted by atomic mass is 10.1. The normalized spacial score (nSPS) is 12.1. The lowest BCUT2D eigenvalue weighted by Gasteiger charge is -2.10. The van der Waals surface area contributed by atoms with Crippen LogP contribution in [-0.2, 0) is 17.8 Å². The summed E-state index contributed by atoms with van der Waals surface area (Å²) in [5, 5.41) is 5.97. The maximum atomic E-state index is 11.9. The Labute approximate surface area is 116 Å². The number of aromatic nitrogens is 2. The Morgan fingerprint density at radius 1 is 1.42 bits per heavy atom. The maximum absolute atomic E-state index is 11.9. The molecule has 0 saturated carbocycles. The fourth-order valence-corrected chi connectivity index (χ4v) is 1.92. The van der Waals surface area contributed by atoms with Gasteiger partial charge in [0.25, 0.3) is 0 Å². The van der Waals surface area contributed by atoms with Gasteiger partial charge in [0.05, 0.1) is 11.8 Å². The highest BCUT2D eigenvalue weighted by atomic mass is 32.1. The number of hydrogen-bond acceptors (Lipinski definition) is 5. The van der Waals surface area contributed by atoms with Crippen molar-refractivity contribution in [1.29, 1.82) is 0 Å². The van der Waals surface area contributed by atoms with E-state index in [1.165, 1.54) is 0 Å². The van der Waals surface area contributed by atoms with Crippen molar-refractivity contribution in [1.82, 2.24) is 15.5 Å². The average Bonchev–Trinajstić information content (AvgIpc) is 2.83. The summed E-state index contributed by atoms with van der Waals surface area (Å²) in [7, 11) is 0. The topological polar surface area (TPSA) is 68.0 Å². The van der Waals surface area contributed by atoms with Gasteiger partial charge in [-0.15, -0.1) is 0 Å². The molecule has 1 N–H and O–H groups in total. The third-order valence-electron chi connectivity index (χ3n) is 2.56. The first-order chi connectivity index (χ1) is 9.15. The van der Waals surface area contributed by atoms with Crippen molar-refractivity contribution in [3.8, 4) is 0 Å². The molecule has 0 aliphatic rings. The third kappa shape index (κ3) is 4.10. The highest BCUT2D eigenvalue weighted by molar-refractivity contribution is 7.81. The zero-order valence-corrected chi connectivity index (χ0v) is 11.4. The van der Waals surface area contributed by atoms with Crippen LogP contribution < -0.4 is 5.32 Å². The molecule has 6 heteroatoms. The van der Waals surface area contributed by atoms with Crippen molar-refractivity contribution < 1.29 is 9.32 Å². The summed E-state index contributed by atoms with van der Waals surface area (Å²) >= 11 is 4.31. The summed E-state index contributed by atoms with van der Waals surface area (Å²) in [6.07, 6.45) is 0.582. The largest absolute Gasteiger partial charge is 0.346 e. The van der Waals surface area contributed by atoms with Crippen LogP contribution in [0.3, 0.4) is 0 Å². The summed E-state index contributed by atoms with van der Waals surface area (Å²) in [6.45, 7) is 1.96. The molecular formula is C13H15N3O2S. The fraction of sp³-hybridized carbons (Fsp3) is 0.308. The molecule has 5 nitrogen and oxygen atoms in total. The van der Waals surface area contributed by atoms with Crippen LogP contribution in [0.2, 0.25) is 0 Å². The van der Waals surface area contributed by atoms with E-state index in [4.69, 9.17) is 4.52 Å². The van der Waals surface area contributed by atoms with Crippen molar-refractivity contribution in [2.24, 2.45) is 0 Å². The van der Waals surface area contributed by atoms with Gasteiger partial charge < -0.3 is 9.84 Å². The van der Waals surface area contributed by atoms with Gasteiger partial charge in [0.15, 0.2) is 5.82 Å².